The number of benzene rings is 2. The summed E-state index contributed by atoms with van der Waals surface area (Å²) in [5, 5.41) is 3.62. The standard InChI is InChI=1S/C21H21FN2O3/c1-2-3-13-26-19-11-10-18(17-5-4-12-23-21(17)19)24-20(25)14-27-16-8-6-15(22)7-9-16/h4-12H,2-3,13-14H2,1H3,(H,24,25). The number of aromatic nitrogens is 1. The van der Waals surface area contributed by atoms with Crippen molar-refractivity contribution in [3.05, 3.63) is 60.5 Å². The van der Waals surface area contributed by atoms with E-state index in [0.29, 0.717) is 29.3 Å². The van der Waals surface area contributed by atoms with Crippen LogP contribution < -0.4 is 14.8 Å². The Balaban J connectivity index is 1.69. The van der Waals surface area contributed by atoms with Crippen LogP contribution >= 0.6 is 0 Å². The molecular weight excluding hydrogens is 347 g/mol. The number of carbonyl (C=O) groups excluding carboxylic acids is 1. The summed E-state index contributed by atoms with van der Waals surface area (Å²) in [7, 11) is 0. The first-order valence-electron chi connectivity index (χ1n) is 8.86. The number of carbonyl (C=O) groups is 1. The Morgan fingerprint density at radius 3 is 2.70 bits per heavy atom. The number of anilines is 1. The van der Waals surface area contributed by atoms with Crippen molar-refractivity contribution in [2.24, 2.45) is 0 Å². The third-order valence-electron chi connectivity index (χ3n) is 3.95. The second-order valence-corrected chi connectivity index (χ2v) is 6.00. The minimum absolute atomic E-state index is 0.178. The summed E-state index contributed by atoms with van der Waals surface area (Å²) in [5.41, 5.74) is 1.33. The Morgan fingerprint density at radius 2 is 1.93 bits per heavy atom. The van der Waals surface area contributed by atoms with E-state index in [1.54, 1.807) is 18.3 Å². The Bertz CT molecular complexity index is 913. The zero-order valence-corrected chi connectivity index (χ0v) is 15.1. The van der Waals surface area contributed by atoms with Crippen LogP contribution in [0.2, 0.25) is 0 Å². The number of pyridine rings is 1. The summed E-state index contributed by atoms with van der Waals surface area (Å²) in [6.07, 6.45) is 3.71. The number of hydrogen-bond acceptors (Lipinski definition) is 4. The lowest BCUT2D eigenvalue weighted by Crippen LogP contribution is -2.20. The van der Waals surface area contributed by atoms with Crippen LogP contribution in [0.4, 0.5) is 10.1 Å². The smallest absolute Gasteiger partial charge is 0.262 e. The molecule has 0 atom stereocenters. The normalized spacial score (nSPS) is 10.6. The van der Waals surface area contributed by atoms with E-state index in [2.05, 4.69) is 17.2 Å². The summed E-state index contributed by atoms with van der Waals surface area (Å²) < 4.78 is 24.1. The molecule has 0 aliphatic heterocycles. The van der Waals surface area contributed by atoms with Gasteiger partial charge < -0.3 is 14.8 Å². The van der Waals surface area contributed by atoms with Gasteiger partial charge in [0.2, 0.25) is 0 Å². The molecule has 0 fully saturated rings. The maximum Gasteiger partial charge on any atom is 0.262 e. The zero-order valence-electron chi connectivity index (χ0n) is 15.1. The molecule has 1 amide bonds. The molecule has 140 valence electrons. The molecule has 0 aliphatic carbocycles. The third-order valence-corrected chi connectivity index (χ3v) is 3.95. The van der Waals surface area contributed by atoms with Crippen LogP contribution in [-0.2, 0) is 4.79 Å². The molecular formula is C21H21FN2O3. The van der Waals surface area contributed by atoms with E-state index in [1.165, 1.54) is 24.3 Å². The molecule has 3 aromatic rings. The Labute approximate surface area is 157 Å². The second-order valence-electron chi connectivity index (χ2n) is 6.00. The molecule has 5 nitrogen and oxygen atoms in total. The van der Waals surface area contributed by atoms with E-state index in [1.807, 2.05) is 12.1 Å². The fraction of sp³-hybridized carbons (Fsp3) is 0.238. The highest BCUT2D eigenvalue weighted by molar-refractivity contribution is 6.03. The Hall–Kier alpha value is -3.15. The number of ether oxygens (including phenoxy) is 2. The molecule has 1 heterocycles. The highest BCUT2D eigenvalue weighted by Crippen LogP contribution is 2.30. The van der Waals surface area contributed by atoms with E-state index in [4.69, 9.17) is 9.47 Å². The van der Waals surface area contributed by atoms with Crippen molar-refractivity contribution in [2.75, 3.05) is 18.5 Å². The van der Waals surface area contributed by atoms with Gasteiger partial charge in [-0.25, -0.2) is 4.39 Å². The number of nitrogens with zero attached hydrogens (tertiary/aromatic N) is 1. The van der Waals surface area contributed by atoms with Crippen LogP contribution in [-0.4, -0.2) is 24.1 Å². The number of nitrogens with one attached hydrogen (secondary N) is 1. The molecule has 0 spiro atoms. The van der Waals surface area contributed by atoms with Crippen molar-refractivity contribution >= 4 is 22.5 Å². The molecule has 0 radical (unpaired) electrons. The van der Waals surface area contributed by atoms with Gasteiger partial charge in [0.25, 0.3) is 5.91 Å². The fourth-order valence-electron chi connectivity index (χ4n) is 2.56. The fourth-order valence-corrected chi connectivity index (χ4v) is 2.56. The van der Waals surface area contributed by atoms with Gasteiger partial charge in [-0.3, -0.25) is 9.78 Å². The van der Waals surface area contributed by atoms with Gasteiger partial charge >= 0.3 is 0 Å². The van der Waals surface area contributed by atoms with Gasteiger partial charge in [-0.2, -0.15) is 0 Å². The van der Waals surface area contributed by atoms with Gasteiger partial charge in [-0.05, 0) is 55.0 Å². The second kappa shape index (κ2) is 8.98. The molecule has 0 saturated carbocycles. The lowest BCUT2D eigenvalue weighted by molar-refractivity contribution is -0.118. The molecule has 3 rings (SSSR count). The van der Waals surface area contributed by atoms with Gasteiger partial charge in [0.05, 0.1) is 12.3 Å². The summed E-state index contributed by atoms with van der Waals surface area (Å²) in [6.45, 7) is 2.55. The topological polar surface area (TPSA) is 60.5 Å². The average molecular weight is 368 g/mol. The molecule has 0 saturated heterocycles. The van der Waals surface area contributed by atoms with Crippen molar-refractivity contribution in [2.45, 2.75) is 19.8 Å². The number of hydrogen-bond donors (Lipinski definition) is 1. The van der Waals surface area contributed by atoms with E-state index in [9.17, 15) is 9.18 Å². The minimum Gasteiger partial charge on any atom is -0.491 e. The van der Waals surface area contributed by atoms with Crippen LogP contribution in [0.3, 0.4) is 0 Å². The number of halogens is 1. The van der Waals surface area contributed by atoms with Crippen molar-refractivity contribution in [1.29, 1.82) is 0 Å². The SMILES string of the molecule is CCCCOc1ccc(NC(=O)COc2ccc(F)cc2)c2cccnc12. The molecule has 1 N–H and O–H groups in total. The summed E-state index contributed by atoms with van der Waals surface area (Å²) >= 11 is 0. The molecule has 6 heteroatoms. The van der Waals surface area contributed by atoms with Gasteiger partial charge in [-0.15, -0.1) is 0 Å². The van der Waals surface area contributed by atoms with Crippen LogP contribution in [0.15, 0.2) is 54.7 Å². The van der Waals surface area contributed by atoms with Crippen molar-refractivity contribution in [1.82, 2.24) is 4.98 Å². The zero-order chi connectivity index (χ0) is 19.1. The van der Waals surface area contributed by atoms with Gasteiger partial charge in [-0.1, -0.05) is 13.3 Å². The number of unbranched alkanes of at least 4 members (excludes halogenated alkanes) is 1. The summed E-state index contributed by atoms with van der Waals surface area (Å²) in [6, 6.07) is 12.8. The molecule has 1 aromatic heterocycles. The first-order chi connectivity index (χ1) is 13.2. The molecule has 0 aliphatic rings. The maximum atomic E-state index is 12.9. The first-order valence-corrected chi connectivity index (χ1v) is 8.86. The van der Waals surface area contributed by atoms with Gasteiger partial charge in [0, 0.05) is 11.6 Å². The highest BCUT2D eigenvalue weighted by Gasteiger charge is 2.11. The maximum absolute atomic E-state index is 12.9. The van der Waals surface area contributed by atoms with E-state index in [0.717, 1.165) is 18.2 Å². The van der Waals surface area contributed by atoms with Crippen LogP contribution in [0, 0.1) is 5.82 Å². The quantitative estimate of drug-likeness (QED) is 0.592. The number of fused-ring (bicyclic) bond motifs is 1. The highest BCUT2D eigenvalue weighted by atomic mass is 19.1. The number of amides is 1. The molecule has 27 heavy (non-hydrogen) atoms. The monoisotopic (exact) mass is 368 g/mol. The summed E-state index contributed by atoms with van der Waals surface area (Å²) in [4.78, 5) is 16.6. The lowest BCUT2D eigenvalue weighted by atomic mass is 10.1. The average Bonchev–Trinajstić information content (AvgIpc) is 2.69. The predicted octanol–water partition coefficient (Wildman–Crippen LogP) is 4.57. The van der Waals surface area contributed by atoms with Gasteiger partial charge in [0.1, 0.15) is 22.8 Å². The predicted molar refractivity (Wildman–Crippen MR) is 103 cm³/mol. The van der Waals surface area contributed by atoms with E-state index in [-0.39, 0.29) is 18.3 Å². The van der Waals surface area contributed by atoms with E-state index >= 15 is 0 Å². The molecule has 0 bridgehead atoms. The first kappa shape index (κ1) is 18.6. The molecule has 0 unspecified atom stereocenters. The van der Waals surface area contributed by atoms with E-state index < -0.39 is 0 Å². The number of rotatable bonds is 8. The molecule has 2 aromatic carbocycles. The minimum atomic E-state index is -0.355. The third kappa shape index (κ3) is 4.94. The van der Waals surface area contributed by atoms with Crippen LogP contribution in [0.5, 0.6) is 11.5 Å². The van der Waals surface area contributed by atoms with Crippen LogP contribution in [0.25, 0.3) is 10.9 Å². The van der Waals surface area contributed by atoms with Crippen molar-refractivity contribution in [3.63, 3.8) is 0 Å². The Kier molecular flexibility index (Phi) is 6.20. The van der Waals surface area contributed by atoms with Crippen molar-refractivity contribution < 1.29 is 18.7 Å². The Morgan fingerprint density at radius 1 is 1.11 bits per heavy atom. The van der Waals surface area contributed by atoms with Crippen LogP contribution in [0.1, 0.15) is 19.8 Å². The largest absolute Gasteiger partial charge is 0.491 e. The van der Waals surface area contributed by atoms with Gasteiger partial charge in [0.15, 0.2) is 6.61 Å². The van der Waals surface area contributed by atoms with Crippen molar-refractivity contribution in [3.8, 4) is 11.5 Å². The lowest BCUT2D eigenvalue weighted by Gasteiger charge is -2.13. The summed E-state index contributed by atoms with van der Waals surface area (Å²) in [5.74, 6) is 0.452.